The topological polar surface area (TPSA) is 106 Å². The van der Waals surface area contributed by atoms with Gasteiger partial charge in [-0.2, -0.15) is 0 Å². The number of rotatable bonds is 6. The number of fused-ring (bicyclic) bond motifs is 1. The van der Waals surface area contributed by atoms with Gasteiger partial charge < -0.3 is 16.4 Å². The highest BCUT2D eigenvalue weighted by molar-refractivity contribution is 6.31. The van der Waals surface area contributed by atoms with Gasteiger partial charge in [0.25, 0.3) is 5.91 Å². The van der Waals surface area contributed by atoms with Crippen molar-refractivity contribution in [3.05, 3.63) is 113 Å². The molecule has 5 aromatic rings. The maximum Gasteiger partial charge on any atom is 0.255 e. The van der Waals surface area contributed by atoms with Crippen LogP contribution >= 0.6 is 11.6 Å². The van der Waals surface area contributed by atoms with Crippen molar-refractivity contribution in [3.8, 4) is 0 Å². The number of nitrogens with two attached hydrogens (primary N) is 1. The second kappa shape index (κ2) is 10.0. The first-order valence-corrected chi connectivity index (χ1v) is 11.7. The summed E-state index contributed by atoms with van der Waals surface area (Å²) >= 11 is 6.16. The van der Waals surface area contributed by atoms with Gasteiger partial charge in [0, 0.05) is 51.3 Å². The van der Waals surface area contributed by atoms with Gasteiger partial charge in [-0.05, 0) is 79.2 Å². The van der Waals surface area contributed by atoms with E-state index < -0.39 is 0 Å². The molecule has 4 N–H and O–H groups in total. The summed E-state index contributed by atoms with van der Waals surface area (Å²) in [6.45, 7) is 1.89. The fraction of sp³-hybridized carbons (Fsp3) is 0.0714. The number of halogens is 1. The minimum atomic E-state index is -0.186. The molecule has 3 aromatic carbocycles. The van der Waals surface area contributed by atoms with Crippen LogP contribution in [-0.2, 0) is 6.42 Å². The van der Waals surface area contributed by atoms with E-state index in [2.05, 4.69) is 25.6 Å². The third kappa shape index (κ3) is 5.42. The molecule has 0 aliphatic rings. The van der Waals surface area contributed by atoms with E-state index >= 15 is 0 Å². The van der Waals surface area contributed by atoms with Crippen LogP contribution in [0.15, 0.2) is 85.1 Å². The first-order chi connectivity index (χ1) is 17.4. The highest BCUT2D eigenvalue weighted by atomic mass is 35.5. The second-order valence-corrected chi connectivity index (χ2v) is 8.85. The molecule has 5 rings (SSSR count). The number of hydrogen-bond acceptors (Lipinski definition) is 6. The van der Waals surface area contributed by atoms with Crippen LogP contribution < -0.4 is 16.4 Å². The van der Waals surface area contributed by atoms with Crippen LogP contribution in [0, 0.1) is 6.92 Å². The van der Waals surface area contributed by atoms with Gasteiger partial charge in [-0.25, -0.2) is 9.97 Å². The van der Waals surface area contributed by atoms with Crippen LogP contribution in [0.25, 0.3) is 10.9 Å². The van der Waals surface area contributed by atoms with Crippen molar-refractivity contribution in [1.82, 2.24) is 15.0 Å². The number of nitrogen functional groups attached to an aromatic ring is 1. The molecule has 36 heavy (non-hydrogen) atoms. The van der Waals surface area contributed by atoms with E-state index in [4.69, 9.17) is 17.3 Å². The van der Waals surface area contributed by atoms with E-state index in [9.17, 15) is 4.79 Å². The lowest BCUT2D eigenvalue weighted by Gasteiger charge is -2.11. The molecule has 0 spiro atoms. The van der Waals surface area contributed by atoms with Crippen molar-refractivity contribution in [2.75, 3.05) is 16.4 Å². The van der Waals surface area contributed by atoms with E-state index in [-0.39, 0.29) is 11.9 Å². The summed E-state index contributed by atoms with van der Waals surface area (Å²) < 4.78 is 0. The van der Waals surface area contributed by atoms with Crippen molar-refractivity contribution < 1.29 is 4.79 Å². The van der Waals surface area contributed by atoms with Crippen LogP contribution in [0.4, 0.5) is 23.0 Å². The molecule has 0 aliphatic carbocycles. The molecular weight excluding hydrogens is 472 g/mol. The Morgan fingerprint density at radius 2 is 1.67 bits per heavy atom. The predicted octanol–water partition coefficient (Wildman–Crippen LogP) is 6.16. The number of carbonyl (C=O) groups excluding carboxylic acids is 1. The number of pyridine rings is 1. The standard InChI is InChI=1S/C28H23ClN6O/c1-17-14-23(35-28(30)32-17)15-18-2-7-22(8-3-18)34-27(36)19-4-9-21(10-5-19)33-26-12-13-31-25-11-6-20(29)16-24(25)26/h2-14,16H,15H2,1H3,(H,31,33)(H,34,36)(H2,30,32,35). The normalized spacial score (nSPS) is 10.8. The Hall–Kier alpha value is -4.49. The third-order valence-electron chi connectivity index (χ3n) is 5.65. The molecule has 0 radical (unpaired) electrons. The van der Waals surface area contributed by atoms with Crippen LogP contribution in [0.5, 0.6) is 0 Å². The zero-order valence-electron chi connectivity index (χ0n) is 19.5. The van der Waals surface area contributed by atoms with Crippen LogP contribution in [-0.4, -0.2) is 20.9 Å². The van der Waals surface area contributed by atoms with Crippen molar-refractivity contribution in [3.63, 3.8) is 0 Å². The highest BCUT2D eigenvalue weighted by Crippen LogP contribution is 2.27. The Balaban J connectivity index is 1.23. The maximum atomic E-state index is 12.8. The van der Waals surface area contributed by atoms with E-state index in [1.807, 2.05) is 73.7 Å². The summed E-state index contributed by atoms with van der Waals surface area (Å²) in [5.74, 6) is 0.0864. The molecule has 7 nitrogen and oxygen atoms in total. The monoisotopic (exact) mass is 494 g/mol. The summed E-state index contributed by atoms with van der Waals surface area (Å²) in [6, 6.07) is 24.4. The van der Waals surface area contributed by atoms with Gasteiger partial charge in [-0.3, -0.25) is 9.78 Å². The summed E-state index contributed by atoms with van der Waals surface area (Å²) in [6.07, 6.45) is 2.38. The molecule has 0 fully saturated rings. The Bertz CT molecular complexity index is 1530. The summed E-state index contributed by atoms with van der Waals surface area (Å²) in [5, 5.41) is 7.89. The summed E-state index contributed by atoms with van der Waals surface area (Å²) in [4.78, 5) is 25.5. The average Bonchev–Trinajstić information content (AvgIpc) is 2.85. The Morgan fingerprint density at radius 1 is 0.917 bits per heavy atom. The van der Waals surface area contributed by atoms with Crippen molar-refractivity contribution in [2.24, 2.45) is 0 Å². The number of nitrogens with zero attached hydrogens (tertiary/aromatic N) is 3. The zero-order chi connectivity index (χ0) is 25.1. The van der Waals surface area contributed by atoms with Crippen LogP contribution in [0.3, 0.4) is 0 Å². The molecule has 0 saturated heterocycles. The van der Waals surface area contributed by atoms with Crippen LogP contribution in [0.2, 0.25) is 5.02 Å². The summed E-state index contributed by atoms with van der Waals surface area (Å²) in [7, 11) is 0. The Kier molecular flexibility index (Phi) is 6.47. The van der Waals surface area contributed by atoms with Crippen molar-refractivity contribution in [1.29, 1.82) is 0 Å². The van der Waals surface area contributed by atoms with Gasteiger partial charge in [0.1, 0.15) is 0 Å². The molecule has 178 valence electrons. The smallest absolute Gasteiger partial charge is 0.255 e. The molecule has 0 saturated carbocycles. The average molecular weight is 495 g/mol. The van der Waals surface area contributed by atoms with Gasteiger partial charge in [0.2, 0.25) is 5.95 Å². The highest BCUT2D eigenvalue weighted by Gasteiger charge is 2.08. The van der Waals surface area contributed by atoms with E-state index in [1.165, 1.54) is 0 Å². The number of benzene rings is 3. The maximum absolute atomic E-state index is 12.8. The molecule has 2 aromatic heterocycles. The number of nitrogens with one attached hydrogen (secondary N) is 2. The first kappa shape index (κ1) is 23.3. The minimum absolute atomic E-state index is 0.186. The SMILES string of the molecule is Cc1cc(Cc2ccc(NC(=O)c3ccc(Nc4ccnc5ccc(Cl)cc45)cc3)cc2)nc(N)n1. The fourth-order valence-electron chi connectivity index (χ4n) is 3.96. The van der Waals surface area contributed by atoms with Crippen LogP contribution in [0.1, 0.15) is 27.3 Å². The zero-order valence-corrected chi connectivity index (χ0v) is 20.3. The lowest BCUT2D eigenvalue weighted by atomic mass is 10.1. The van der Waals surface area contributed by atoms with E-state index in [0.717, 1.165) is 39.2 Å². The molecule has 2 heterocycles. The van der Waals surface area contributed by atoms with E-state index in [1.54, 1.807) is 18.3 Å². The Morgan fingerprint density at radius 3 is 2.42 bits per heavy atom. The molecule has 0 aliphatic heterocycles. The largest absolute Gasteiger partial charge is 0.368 e. The van der Waals surface area contributed by atoms with Crippen molar-refractivity contribution in [2.45, 2.75) is 13.3 Å². The first-order valence-electron chi connectivity index (χ1n) is 11.3. The third-order valence-corrected chi connectivity index (χ3v) is 5.89. The minimum Gasteiger partial charge on any atom is -0.368 e. The Labute approximate surface area is 213 Å². The molecule has 0 atom stereocenters. The lowest BCUT2D eigenvalue weighted by molar-refractivity contribution is 0.102. The number of carbonyl (C=O) groups is 1. The molecule has 8 heteroatoms. The van der Waals surface area contributed by atoms with Gasteiger partial charge in [0.05, 0.1) is 11.2 Å². The summed E-state index contributed by atoms with van der Waals surface area (Å²) in [5.41, 5.74) is 12.3. The van der Waals surface area contributed by atoms with Gasteiger partial charge >= 0.3 is 0 Å². The van der Waals surface area contributed by atoms with Crippen molar-refractivity contribution >= 4 is 51.4 Å². The number of hydrogen-bond donors (Lipinski definition) is 3. The lowest BCUT2D eigenvalue weighted by Crippen LogP contribution is -2.11. The predicted molar refractivity (Wildman–Crippen MR) is 145 cm³/mol. The van der Waals surface area contributed by atoms with E-state index in [0.29, 0.717) is 22.7 Å². The fourth-order valence-corrected chi connectivity index (χ4v) is 4.13. The number of aryl methyl sites for hydroxylation is 1. The van der Waals surface area contributed by atoms with Gasteiger partial charge in [-0.15, -0.1) is 0 Å². The number of anilines is 4. The number of aromatic nitrogens is 3. The quantitative estimate of drug-likeness (QED) is 0.261. The van der Waals surface area contributed by atoms with Gasteiger partial charge in [0.15, 0.2) is 0 Å². The molecule has 1 amide bonds. The molecule has 0 bridgehead atoms. The molecular formula is C28H23ClN6O. The second-order valence-electron chi connectivity index (χ2n) is 8.41. The molecule has 0 unspecified atom stereocenters. The van der Waals surface area contributed by atoms with Gasteiger partial charge in [-0.1, -0.05) is 23.7 Å². The number of amides is 1.